The Kier molecular flexibility index (Phi) is 8.47. The van der Waals surface area contributed by atoms with Gasteiger partial charge in [-0.1, -0.05) is 63.6 Å². The number of aryl methyl sites for hydroxylation is 1. The van der Waals surface area contributed by atoms with Gasteiger partial charge in [0.25, 0.3) is 0 Å². The first-order valence-corrected chi connectivity index (χ1v) is 8.85. The molecule has 0 aromatic heterocycles. The average Bonchev–Trinajstić information content (AvgIpc) is 2.52. The van der Waals surface area contributed by atoms with Gasteiger partial charge in [0.1, 0.15) is 0 Å². The van der Waals surface area contributed by atoms with Crippen molar-refractivity contribution in [1.29, 1.82) is 0 Å². The van der Waals surface area contributed by atoms with E-state index in [-0.39, 0.29) is 0 Å². The van der Waals surface area contributed by atoms with Crippen LogP contribution in [0.4, 0.5) is 0 Å². The summed E-state index contributed by atoms with van der Waals surface area (Å²) in [5.41, 5.74) is 6.32. The first-order valence-electron chi connectivity index (χ1n) is 8.85. The molecule has 1 heteroatoms. The van der Waals surface area contributed by atoms with Crippen molar-refractivity contribution in [1.82, 2.24) is 5.32 Å². The van der Waals surface area contributed by atoms with E-state index in [0.717, 1.165) is 11.1 Å². The molecule has 0 radical (unpaired) electrons. The van der Waals surface area contributed by atoms with E-state index < -0.39 is 0 Å². The summed E-state index contributed by atoms with van der Waals surface area (Å²) in [6.45, 7) is 12.8. The molecule has 1 nitrogen and oxygen atoms in total. The molecule has 0 heterocycles. The van der Waals surface area contributed by atoms with Crippen molar-refractivity contribution in [2.75, 3.05) is 7.05 Å². The molecule has 0 aliphatic carbocycles. The summed E-state index contributed by atoms with van der Waals surface area (Å²) in [7, 11) is 1.92. The molecule has 126 valence electrons. The first kappa shape index (κ1) is 19.3. The third kappa shape index (κ3) is 6.09. The second-order valence-corrected chi connectivity index (χ2v) is 6.39. The Balaban J connectivity index is 2.99. The first-order chi connectivity index (χ1) is 11.0. The van der Waals surface area contributed by atoms with Crippen molar-refractivity contribution in [3.05, 3.63) is 64.9 Å². The summed E-state index contributed by atoms with van der Waals surface area (Å²) in [6.07, 6.45) is 11.4. The van der Waals surface area contributed by atoms with Crippen molar-refractivity contribution in [3.63, 3.8) is 0 Å². The molecular weight excluding hydrogens is 278 g/mol. The number of hydrogen-bond donors (Lipinski definition) is 1. The fraction of sp³-hybridized carbons (Fsp3) is 0.455. The molecule has 0 amide bonds. The lowest BCUT2D eigenvalue weighted by Crippen LogP contribution is -1.99. The average molecular weight is 312 g/mol. The second kappa shape index (κ2) is 10.1. The van der Waals surface area contributed by atoms with Gasteiger partial charge < -0.3 is 5.32 Å². The van der Waals surface area contributed by atoms with Gasteiger partial charge in [-0.3, -0.25) is 0 Å². The van der Waals surface area contributed by atoms with Gasteiger partial charge in [0.15, 0.2) is 0 Å². The van der Waals surface area contributed by atoms with Crippen molar-refractivity contribution in [2.45, 2.75) is 59.3 Å². The minimum atomic E-state index is 0.705. The number of rotatable bonds is 9. The van der Waals surface area contributed by atoms with Crippen LogP contribution in [0.5, 0.6) is 0 Å². The third-order valence-electron chi connectivity index (χ3n) is 4.27. The lowest BCUT2D eigenvalue weighted by atomic mass is 9.88. The number of nitrogens with one attached hydrogen (secondary N) is 1. The Morgan fingerprint density at radius 2 is 1.87 bits per heavy atom. The molecule has 23 heavy (non-hydrogen) atoms. The molecule has 1 aromatic carbocycles. The predicted octanol–water partition coefficient (Wildman–Crippen LogP) is 6.37. The van der Waals surface area contributed by atoms with Gasteiger partial charge in [0.05, 0.1) is 0 Å². The molecule has 0 atom stereocenters. The maximum atomic E-state index is 4.03. The normalized spacial score (nSPS) is 12.2. The topological polar surface area (TPSA) is 12.0 Å². The lowest BCUT2D eigenvalue weighted by Gasteiger charge is -2.17. The molecule has 1 aromatic rings. The minimum absolute atomic E-state index is 0.705. The maximum Gasteiger partial charge on any atom is 0.00376 e. The van der Waals surface area contributed by atoms with Crippen molar-refractivity contribution in [3.8, 4) is 0 Å². The molecule has 0 spiro atoms. The molecule has 0 unspecified atom stereocenters. The van der Waals surface area contributed by atoms with Crippen LogP contribution >= 0.6 is 0 Å². The van der Waals surface area contributed by atoms with E-state index in [1.165, 1.54) is 42.4 Å². The summed E-state index contributed by atoms with van der Waals surface area (Å²) in [6, 6.07) is 6.94. The van der Waals surface area contributed by atoms with Crippen molar-refractivity contribution in [2.24, 2.45) is 0 Å². The van der Waals surface area contributed by atoms with Crippen LogP contribution in [0, 0.1) is 6.92 Å². The molecule has 1 N–H and O–H groups in total. The van der Waals surface area contributed by atoms with Crippen LogP contribution in [-0.4, -0.2) is 7.05 Å². The van der Waals surface area contributed by atoms with Crippen LogP contribution in [0.3, 0.4) is 0 Å². The zero-order chi connectivity index (χ0) is 17.2. The highest BCUT2D eigenvalue weighted by molar-refractivity contribution is 5.59. The van der Waals surface area contributed by atoms with Gasteiger partial charge in [-0.05, 0) is 60.4 Å². The van der Waals surface area contributed by atoms with E-state index in [2.05, 4.69) is 63.0 Å². The summed E-state index contributed by atoms with van der Waals surface area (Å²) >= 11 is 0. The minimum Gasteiger partial charge on any atom is -0.393 e. The molecule has 0 bridgehead atoms. The number of hydrogen-bond acceptors (Lipinski definition) is 1. The highest BCUT2D eigenvalue weighted by atomic mass is 14.8. The summed E-state index contributed by atoms with van der Waals surface area (Å²) in [4.78, 5) is 0. The smallest absolute Gasteiger partial charge is 0.00376 e. The Bertz CT molecular complexity index is 557. The van der Waals surface area contributed by atoms with Crippen LogP contribution in [0.1, 0.15) is 69.1 Å². The Labute approximate surface area is 143 Å². The van der Waals surface area contributed by atoms with Gasteiger partial charge in [0.2, 0.25) is 0 Å². The summed E-state index contributed by atoms with van der Waals surface area (Å²) in [5, 5.41) is 3.08. The van der Waals surface area contributed by atoms with E-state index >= 15 is 0 Å². The van der Waals surface area contributed by atoms with Gasteiger partial charge >= 0.3 is 0 Å². The van der Waals surface area contributed by atoms with Crippen molar-refractivity contribution >= 4 is 6.08 Å². The van der Waals surface area contributed by atoms with Gasteiger partial charge in [0, 0.05) is 13.2 Å². The Hall–Kier alpha value is -1.76. The molecule has 0 saturated carbocycles. The number of allylic oxidation sites excluding steroid dienone is 3. The van der Waals surface area contributed by atoms with E-state index in [0.29, 0.717) is 5.92 Å². The van der Waals surface area contributed by atoms with Crippen LogP contribution in [0.15, 0.2) is 48.2 Å². The second-order valence-electron chi connectivity index (χ2n) is 6.39. The van der Waals surface area contributed by atoms with Gasteiger partial charge in [-0.25, -0.2) is 0 Å². The van der Waals surface area contributed by atoms with E-state index in [4.69, 9.17) is 0 Å². The Morgan fingerprint density at radius 3 is 2.35 bits per heavy atom. The van der Waals surface area contributed by atoms with E-state index in [1.54, 1.807) is 0 Å². The quantitative estimate of drug-likeness (QED) is 0.522. The summed E-state index contributed by atoms with van der Waals surface area (Å²) in [5.74, 6) is 0.705. The summed E-state index contributed by atoms with van der Waals surface area (Å²) < 4.78 is 0. The SMILES string of the molecule is C=C(C)C(/C=C\c1ccc(C(CCC)CCC)cc1C)=C\NC. The maximum absolute atomic E-state index is 4.03. The highest BCUT2D eigenvalue weighted by Gasteiger charge is 2.10. The van der Waals surface area contributed by atoms with Crippen LogP contribution in [0.2, 0.25) is 0 Å². The van der Waals surface area contributed by atoms with Crippen LogP contribution in [-0.2, 0) is 0 Å². The van der Waals surface area contributed by atoms with Gasteiger partial charge in [-0.15, -0.1) is 0 Å². The van der Waals surface area contributed by atoms with E-state index in [9.17, 15) is 0 Å². The molecular formula is C22H33N. The van der Waals surface area contributed by atoms with Crippen LogP contribution < -0.4 is 5.32 Å². The molecule has 0 aliphatic heterocycles. The fourth-order valence-electron chi connectivity index (χ4n) is 2.96. The zero-order valence-corrected chi connectivity index (χ0v) is 15.6. The lowest BCUT2D eigenvalue weighted by molar-refractivity contribution is 0.560. The largest absolute Gasteiger partial charge is 0.393 e. The molecule has 0 saturated heterocycles. The number of benzene rings is 1. The van der Waals surface area contributed by atoms with Crippen molar-refractivity contribution < 1.29 is 0 Å². The highest BCUT2D eigenvalue weighted by Crippen LogP contribution is 2.28. The van der Waals surface area contributed by atoms with Crippen LogP contribution in [0.25, 0.3) is 6.08 Å². The third-order valence-corrected chi connectivity index (χ3v) is 4.27. The fourth-order valence-corrected chi connectivity index (χ4v) is 2.96. The zero-order valence-electron chi connectivity index (χ0n) is 15.6. The molecule has 1 rings (SSSR count). The molecule has 0 fully saturated rings. The predicted molar refractivity (Wildman–Crippen MR) is 105 cm³/mol. The monoisotopic (exact) mass is 311 g/mol. The molecule has 0 aliphatic rings. The Morgan fingerprint density at radius 1 is 1.22 bits per heavy atom. The standard InChI is InChI=1S/C22H33N/c1-7-9-20(10-8-2)21-13-11-19(18(5)15-21)12-14-22(16-23-6)17(3)4/h11-16,20,23H,3,7-10H2,1-2,4-6H3/b14-12-,22-16-. The van der Waals surface area contributed by atoms with Gasteiger partial charge in [-0.2, -0.15) is 0 Å². The van der Waals surface area contributed by atoms with E-state index in [1.807, 2.05) is 20.2 Å².